The van der Waals surface area contributed by atoms with E-state index in [1.165, 1.54) is 22.9 Å². The number of fused-ring (bicyclic) bond motifs is 2. The van der Waals surface area contributed by atoms with Crippen molar-refractivity contribution < 1.29 is 13.2 Å². The van der Waals surface area contributed by atoms with Gasteiger partial charge in [0.15, 0.2) is 0 Å². The summed E-state index contributed by atoms with van der Waals surface area (Å²) in [7, 11) is -3.22. The first kappa shape index (κ1) is 27.6. The summed E-state index contributed by atoms with van der Waals surface area (Å²) >= 11 is 13.9. The number of piperidine rings is 1. The highest BCUT2D eigenvalue weighted by Gasteiger charge is 2.38. The van der Waals surface area contributed by atoms with Crippen molar-refractivity contribution >= 4 is 59.4 Å². The first-order valence-corrected chi connectivity index (χ1v) is 16.8. The number of carbonyl (C=O) groups excluding carboxylic acids is 1. The maximum absolute atomic E-state index is 13.4. The molecule has 200 valence electrons. The molecule has 0 bridgehead atoms. The Morgan fingerprint density at radius 1 is 1.03 bits per heavy atom. The molecule has 2 heterocycles. The summed E-state index contributed by atoms with van der Waals surface area (Å²) in [5, 5.41) is 0.742. The molecule has 0 unspecified atom stereocenters. The monoisotopic (exact) mass is 671 g/mol. The molecule has 1 N–H and O–H groups in total. The van der Waals surface area contributed by atoms with Crippen LogP contribution in [0.1, 0.15) is 66.8 Å². The molecule has 5 rings (SSSR count). The van der Waals surface area contributed by atoms with Gasteiger partial charge in [-0.25, -0.2) is 13.1 Å². The van der Waals surface area contributed by atoms with E-state index in [2.05, 4.69) is 48.7 Å². The van der Waals surface area contributed by atoms with Crippen LogP contribution in [-0.4, -0.2) is 49.6 Å². The molecule has 1 aromatic carbocycles. The van der Waals surface area contributed by atoms with Gasteiger partial charge in [0.05, 0.1) is 11.9 Å². The van der Waals surface area contributed by atoms with E-state index in [1.54, 1.807) is 0 Å². The Kier molecular flexibility index (Phi) is 8.37. The average Bonchev–Trinajstić information content (AvgIpc) is 3.00. The number of hydrogen-bond acceptors (Lipinski definition) is 4. The SMILES string of the molecule is CS(=O)(=O)NC1CCC(C(=O)N2CCC([C@H]3c4ncc(Br)cc4CCc4cc(Cl)cc(Br)c43)CC2)CC1. The van der Waals surface area contributed by atoms with Crippen molar-refractivity contribution in [1.29, 1.82) is 0 Å². The van der Waals surface area contributed by atoms with Gasteiger partial charge in [-0.2, -0.15) is 0 Å². The number of amides is 1. The fourth-order valence-corrected chi connectivity index (χ4v) is 8.84. The van der Waals surface area contributed by atoms with Crippen LogP contribution in [0.15, 0.2) is 33.3 Å². The fourth-order valence-electron chi connectivity index (χ4n) is 6.50. The van der Waals surface area contributed by atoms with Gasteiger partial charge in [-0.15, -0.1) is 0 Å². The predicted molar refractivity (Wildman–Crippen MR) is 153 cm³/mol. The quantitative estimate of drug-likeness (QED) is 0.443. The Balaban J connectivity index is 1.31. The third kappa shape index (κ3) is 6.26. The number of sulfonamides is 1. The molecule has 2 aromatic rings. The Morgan fingerprint density at radius 2 is 1.70 bits per heavy atom. The topological polar surface area (TPSA) is 79.4 Å². The summed E-state index contributed by atoms with van der Waals surface area (Å²) in [5.74, 6) is 0.749. The number of benzene rings is 1. The minimum absolute atomic E-state index is 0.0104. The molecule has 1 atom stereocenters. The van der Waals surface area contributed by atoms with Gasteiger partial charge < -0.3 is 4.90 Å². The van der Waals surface area contributed by atoms with E-state index in [9.17, 15) is 13.2 Å². The van der Waals surface area contributed by atoms with E-state index < -0.39 is 10.0 Å². The molecule has 1 aliphatic heterocycles. The first-order valence-electron chi connectivity index (χ1n) is 13.0. The minimum Gasteiger partial charge on any atom is -0.342 e. The number of pyridine rings is 1. The summed E-state index contributed by atoms with van der Waals surface area (Å²) in [5.41, 5.74) is 4.99. The summed E-state index contributed by atoms with van der Waals surface area (Å²) in [6.07, 6.45) is 9.69. The second-order valence-electron chi connectivity index (χ2n) is 10.7. The summed E-state index contributed by atoms with van der Waals surface area (Å²) in [6.45, 7) is 1.49. The molecule has 3 aliphatic rings. The number of likely N-dealkylation sites (tertiary alicyclic amines) is 1. The molecule has 0 radical (unpaired) electrons. The average molecular weight is 674 g/mol. The van der Waals surface area contributed by atoms with Crippen molar-refractivity contribution in [2.24, 2.45) is 11.8 Å². The predicted octanol–water partition coefficient (Wildman–Crippen LogP) is 5.84. The molecule has 10 heteroatoms. The van der Waals surface area contributed by atoms with Gasteiger partial charge in [0.2, 0.25) is 15.9 Å². The molecule has 2 aliphatic carbocycles. The van der Waals surface area contributed by atoms with Crippen molar-refractivity contribution in [3.8, 4) is 0 Å². The molecule has 1 aromatic heterocycles. The number of aromatic nitrogens is 1. The number of carbonyl (C=O) groups is 1. The zero-order valence-corrected chi connectivity index (χ0v) is 25.6. The smallest absolute Gasteiger partial charge is 0.225 e. The largest absolute Gasteiger partial charge is 0.342 e. The van der Waals surface area contributed by atoms with Crippen LogP contribution in [0.25, 0.3) is 0 Å². The number of aryl methyl sites for hydroxylation is 2. The molecule has 0 spiro atoms. The molecule has 1 amide bonds. The molecular formula is C27H32Br2ClN3O3S. The van der Waals surface area contributed by atoms with Gasteiger partial charge in [0, 0.05) is 51.1 Å². The molecular weight excluding hydrogens is 642 g/mol. The number of nitrogens with one attached hydrogen (secondary N) is 1. The number of rotatable bonds is 4. The highest BCUT2D eigenvalue weighted by molar-refractivity contribution is 9.10. The van der Waals surface area contributed by atoms with Gasteiger partial charge in [0.25, 0.3) is 0 Å². The van der Waals surface area contributed by atoms with Crippen LogP contribution in [0.4, 0.5) is 0 Å². The lowest BCUT2D eigenvalue weighted by atomic mass is 9.76. The normalized spacial score (nSPS) is 24.8. The van der Waals surface area contributed by atoms with Gasteiger partial charge >= 0.3 is 0 Å². The molecule has 37 heavy (non-hydrogen) atoms. The second kappa shape index (κ2) is 11.2. The third-order valence-corrected chi connectivity index (χ3v) is 10.3. The van der Waals surface area contributed by atoms with Crippen molar-refractivity contribution in [1.82, 2.24) is 14.6 Å². The standard InChI is InChI=1S/C27H32Br2ClN3O3S/c1-37(35,36)32-22-6-4-17(5-7-22)27(34)33-10-8-16(9-11-33)25-24-18(13-21(30)14-23(24)29)2-3-19-12-20(28)15-31-26(19)25/h12-17,22,25,32H,2-11H2,1H3/t17?,22?,25-/m1/s1. The number of nitrogens with zero attached hydrogens (tertiary/aromatic N) is 2. The highest BCUT2D eigenvalue weighted by Crippen LogP contribution is 2.46. The van der Waals surface area contributed by atoms with E-state index in [4.69, 9.17) is 16.6 Å². The van der Waals surface area contributed by atoms with Crippen molar-refractivity contribution in [3.05, 3.63) is 60.7 Å². The van der Waals surface area contributed by atoms with E-state index in [0.717, 1.165) is 71.3 Å². The first-order chi connectivity index (χ1) is 17.6. The van der Waals surface area contributed by atoms with Crippen LogP contribution in [0.3, 0.4) is 0 Å². The number of halogens is 3. The zero-order chi connectivity index (χ0) is 26.3. The second-order valence-corrected chi connectivity index (χ2v) is 14.7. The Morgan fingerprint density at radius 3 is 2.38 bits per heavy atom. The van der Waals surface area contributed by atoms with Crippen LogP contribution in [-0.2, 0) is 27.7 Å². The van der Waals surface area contributed by atoms with Crippen LogP contribution in [0.5, 0.6) is 0 Å². The van der Waals surface area contributed by atoms with E-state index in [1.807, 2.05) is 17.2 Å². The molecule has 6 nitrogen and oxygen atoms in total. The van der Waals surface area contributed by atoms with E-state index in [-0.39, 0.29) is 23.8 Å². The van der Waals surface area contributed by atoms with Gasteiger partial charge in [-0.1, -0.05) is 27.5 Å². The van der Waals surface area contributed by atoms with Crippen LogP contribution < -0.4 is 4.72 Å². The molecule has 1 saturated carbocycles. The van der Waals surface area contributed by atoms with E-state index in [0.29, 0.717) is 18.8 Å². The van der Waals surface area contributed by atoms with Crippen molar-refractivity contribution in [3.63, 3.8) is 0 Å². The Labute approximate surface area is 241 Å². The molecule has 2 fully saturated rings. The maximum Gasteiger partial charge on any atom is 0.225 e. The summed E-state index contributed by atoms with van der Waals surface area (Å²) in [6, 6.07) is 6.23. The lowest BCUT2D eigenvalue weighted by Crippen LogP contribution is -2.45. The van der Waals surface area contributed by atoms with Crippen molar-refractivity contribution in [2.75, 3.05) is 19.3 Å². The van der Waals surface area contributed by atoms with Crippen LogP contribution in [0.2, 0.25) is 5.02 Å². The highest BCUT2D eigenvalue weighted by atomic mass is 79.9. The minimum atomic E-state index is -3.22. The van der Waals surface area contributed by atoms with Gasteiger partial charge in [-0.3, -0.25) is 9.78 Å². The van der Waals surface area contributed by atoms with Gasteiger partial charge in [-0.05, 0) is 108 Å². The number of hydrogen-bond donors (Lipinski definition) is 1. The summed E-state index contributed by atoms with van der Waals surface area (Å²) in [4.78, 5) is 20.3. The van der Waals surface area contributed by atoms with Crippen molar-refractivity contribution in [2.45, 2.75) is 63.3 Å². The maximum atomic E-state index is 13.4. The summed E-state index contributed by atoms with van der Waals surface area (Å²) < 4.78 is 27.8. The Hall–Kier alpha value is -1.000. The lowest BCUT2D eigenvalue weighted by Gasteiger charge is -2.39. The molecule has 1 saturated heterocycles. The van der Waals surface area contributed by atoms with Gasteiger partial charge in [0.1, 0.15) is 0 Å². The Bertz CT molecular complexity index is 1290. The zero-order valence-electron chi connectivity index (χ0n) is 20.9. The lowest BCUT2D eigenvalue weighted by molar-refractivity contribution is -0.138. The fraction of sp³-hybridized carbons (Fsp3) is 0.556. The van der Waals surface area contributed by atoms with Crippen LogP contribution in [0, 0.1) is 11.8 Å². The van der Waals surface area contributed by atoms with E-state index >= 15 is 0 Å². The van der Waals surface area contributed by atoms with Crippen LogP contribution >= 0.6 is 43.5 Å². The third-order valence-electron chi connectivity index (χ3n) is 8.20.